The minimum atomic E-state index is -0.269. The molecule has 1 aromatic carbocycles. The lowest BCUT2D eigenvalue weighted by atomic mass is 10.0. The summed E-state index contributed by atoms with van der Waals surface area (Å²) in [5.41, 5.74) is 2.17. The number of carbonyl (C=O) groups is 2. The number of hydrogen-bond acceptors (Lipinski definition) is 5. The molecule has 2 heterocycles. The molecule has 1 N–H and O–H groups in total. The first kappa shape index (κ1) is 20.4. The summed E-state index contributed by atoms with van der Waals surface area (Å²) in [4.78, 5) is 34.0. The number of fused-ring (bicyclic) bond motifs is 1. The molecule has 0 radical (unpaired) electrons. The number of hydrogen-bond donors (Lipinski definition) is 1. The number of rotatable bonds is 7. The van der Waals surface area contributed by atoms with Gasteiger partial charge in [0.15, 0.2) is 0 Å². The van der Waals surface area contributed by atoms with Gasteiger partial charge in [0.1, 0.15) is 0 Å². The van der Waals surface area contributed by atoms with Crippen molar-refractivity contribution in [1.82, 2.24) is 10.3 Å². The standard InChI is InChI=1S/C22H27N3O2S2/c1-28-17-10-8-16(9-11-17)25-14-15(13-21(25)26)22(27)23-12-4-7-20-24-18-5-2-3-6-19(18)29-20/h8-11,15H,2-7,12-14H2,1H3,(H,23,27). The van der Waals surface area contributed by atoms with Crippen LogP contribution in [-0.2, 0) is 28.9 Å². The summed E-state index contributed by atoms with van der Waals surface area (Å²) >= 11 is 3.52. The Morgan fingerprint density at radius 3 is 2.83 bits per heavy atom. The van der Waals surface area contributed by atoms with E-state index in [4.69, 9.17) is 4.98 Å². The van der Waals surface area contributed by atoms with Crippen molar-refractivity contribution in [2.45, 2.75) is 49.8 Å². The Labute approximate surface area is 180 Å². The summed E-state index contributed by atoms with van der Waals surface area (Å²) in [6.07, 6.45) is 8.95. The number of aryl methyl sites for hydroxylation is 3. The summed E-state index contributed by atoms with van der Waals surface area (Å²) in [6, 6.07) is 7.93. The molecule has 1 aliphatic heterocycles. The first-order valence-electron chi connectivity index (χ1n) is 10.3. The molecule has 1 atom stereocenters. The van der Waals surface area contributed by atoms with Gasteiger partial charge in [-0.05, 0) is 62.6 Å². The number of thiazole rings is 1. The van der Waals surface area contributed by atoms with Gasteiger partial charge in [0.2, 0.25) is 11.8 Å². The second-order valence-electron chi connectivity index (χ2n) is 7.68. The summed E-state index contributed by atoms with van der Waals surface area (Å²) in [5.74, 6) is -0.259. The van der Waals surface area contributed by atoms with Gasteiger partial charge in [0.25, 0.3) is 0 Å². The second-order valence-corrected chi connectivity index (χ2v) is 9.73. The second kappa shape index (κ2) is 9.30. The predicted molar refractivity (Wildman–Crippen MR) is 119 cm³/mol. The van der Waals surface area contributed by atoms with Crippen LogP contribution >= 0.6 is 23.1 Å². The Hall–Kier alpha value is -1.86. The summed E-state index contributed by atoms with van der Waals surface area (Å²) < 4.78 is 0. The maximum absolute atomic E-state index is 12.5. The van der Waals surface area contributed by atoms with Gasteiger partial charge in [-0.15, -0.1) is 23.1 Å². The lowest BCUT2D eigenvalue weighted by molar-refractivity contribution is -0.126. The normalized spacial score (nSPS) is 18.7. The van der Waals surface area contributed by atoms with E-state index in [1.54, 1.807) is 16.7 Å². The molecule has 1 aromatic heterocycles. The van der Waals surface area contributed by atoms with Gasteiger partial charge in [0.05, 0.1) is 16.6 Å². The van der Waals surface area contributed by atoms with Gasteiger partial charge in [-0.3, -0.25) is 9.59 Å². The highest BCUT2D eigenvalue weighted by Crippen LogP contribution is 2.28. The average molecular weight is 430 g/mol. The third-order valence-electron chi connectivity index (χ3n) is 5.64. The predicted octanol–water partition coefficient (Wildman–Crippen LogP) is 3.85. The number of thioether (sulfide) groups is 1. The maximum atomic E-state index is 12.5. The Morgan fingerprint density at radius 1 is 1.28 bits per heavy atom. The van der Waals surface area contributed by atoms with E-state index in [9.17, 15) is 9.59 Å². The first-order chi connectivity index (χ1) is 14.1. The van der Waals surface area contributed by atoms with Crippen LogP contribution in [0.15, 0.2) is 29.2 Å². The third kappa shape index (κ3) is 4.83. The van der Waals surface area contributed by atoms with Gasteiger partial charge < -0.3 is 10.2 Å². The molecule has 1 fully saturated rings. The van der Waals surface area contributed by atoms with Gasteiger partial charge in [-0.25, -0.2) is 4.98 Å². The molecule has 2 amide bonds. The van der Waals surface area contributed by atoms with Crippen LogP contribution in [0.4, 0.5) is 5.69 Å². The number of carbonyl (C=O) groups excluding carboxylic acids is 2. The molecule has 29 heavy (non-hydrogen) atoms. The number of benzene rings is 1. The molecular weight excluding hydrogens is 402 g/mol. The molecule has 0 saturated carbocycles. The quantitative estimate of drug-likeness (QED) is 0.536. The van der Waals surface area contributed by atoms with Crippen molar-refractivity contribution < 1.29 is 9.59 Å². The summed E-state index contributed by atoms with van der Waals surface area (Å²) in [7, 11) is 0. The first-order valence-corrected chi connectivity index (χ1v) is 12.4. The monoisotopic (exact) mass is 429 g/mol. The van der Waals surface area contributed by atoms with E-state index in [0.29, 0.717) is 13.1 Å². The van der Waals surface area contributed by atoms with E-state index in [0.717, 1.165) is 29.8 Å². The van der Waals surface area contributed by atoms with Gasteiger partial charge >= 0.3 is 0 Å². The van der Waals surface area contributed by atoms with Crippen molar-refractivity contribution in [3.8, 4) is 0 Å². The Morgan fingerprint density at radius 2 is 2.07 bits per heavy atom. The molecule has 0 spiro atoms. The number of nitrogens with one attached hydrogen (secondary N) is 1. The zero-order valence-electron chi connectivity index (χ0n) is 16.8. The minimum Gasteiger partial charge on any atom is -0.356 e. The van der Waals surface area contributed by atoms with Gasteiger partial charge in [-0.2, -0.15) is 0 Å². The molecule has 7 heteroatoms. The van der Waals surface area contributed by atoms with Crippen LogP contribution in [0.2, 0.25) is 0 Å². The van der Waals surface area contributed by atoms with Crippen molar-refractivity contribution in [2.75, 3.05) is 24.2 Å². The third-order valence-corrected chi connectivity index (χ3v) is 7.60. The van der Waals surface area contributed by atoms with Gasteiger partial charge in [-0.1, -0.05) is 0 Å². The largest absolute Gasteiger partial charge is 0.356 e. The molecular formula is C22H27N3O2S2. The Balaban J connectivity index is 1.23. The molecule has 5 nitrogen and oxygen atoms in total. The molecule has 2 aliphatic rings. The van der Waals surface area contributed by atoms with Crippen LogP contribution in [0, 0.1) is 5.92 Å². The fraction of sp³-hybridized carbons (Fsp3) is 0.500. The molecule has 1 saturated heterocycles. The smallest absolute Gasteiger partial charge is 0.227 e. The molecule has 0 bridgehead atoms. The maximum Gasteiger partial charge on any atom is 0.227 e. The van der Waals surface area contributed by atoms with Crippen LogP contribution < -0.4 is 10.2 Å². The lowest BCUT2D eigenvalue weighted by Crippen LogP contribution is -2.33. The Bertz CT molecular complexity index is 855. The zero-order valence-corrected chi connectivity index (χ0v) is 18.4. The highest BCUT2D eigenvalue weighted by atomic mass is 32.2. The fourth-order valence-corrected chi connectivity index (χ4v) is 5.61. The van der Waals surface area contributed by atoms with Crippen LogP contribution in [0.25, 0.3) is 0 Å². The molecule has 154 valence electrons. The van der Waals surface area contributed by atoms with Crippen molar-refractivity contribution in [3.63, 3.8) is 0 Å². The SMILES string of the molecule is CSc1ccc(N2CC(C(=O)NCCCc3nc4c(s3)CCCC4)CC2=O)cc1. The molecule has 4 rings (SSSR count). The van der Waals surface area contributed by atoms with Crippen molar-refractivity contribution in [3.05, 3.63) is 39.8 Å². The molecule has 1 unspecified atom stereocenters. The zero-order chi connectivity index (χ0) is 20.2. The fourth-order valence-electron chi connectivity index (χ4n) is 4.00. The average Bonchev–Trinajstić information content (AvgIpc) is 3.34. The van der Waals surface area contributed by atoms with Crippen LogP contribution in [0.3, 0.4) is 0 Å². The van der Waals surface area contributed by atoms with Crippen molar-refractivity contribution in [1.29, 1.82) is 0 Å². The van der Waals surface area contributed by atoms with Crippen LogP contribution in [0.1, 0.15) is 41.3 Å². The van der Waals surface area contributed by atoms with E-state index >= 15 is 0 Å². The lowest BCUT2D eigenvalue weighted by Gasteiger charge is -2.17. The van der Waals surface area contributed by atoms with Crippen LogP contribution in [-0.4, -0.2) is 36.1 Å². The number of nitrogens with zero attached hydrogens (tertiary/aromatic N) is 2. The van der Waals surface area contributed by atoms with Crippen molar-refractivity contribution in [2.24, 2.45) is 5.92 Å². The highest BCUT2D eigenvalue weighted by Gasteiger charge is 2.34. The van der Waals surface area contributed by atoms with E-state index in [1.807, 2.05) is 41.9 Å². The van der Waals surface area contributed by atoms with E-state index in [1.165, 1.54) is 34.8 Å². The minimum absolute atomic E-state index is 0.0139. The number of aromatic nitrogens is 1. The van der Waals surface area contributed by atoms with Crippen LogP contribution in [0.5, 0.6) is 0 Å². The molecule has 1 aliphatic carbocycles. The summed E-state index contributed by atoms with van der Waals surface area (Å²) in [5, 5.41) is 4.22. The van der Waals surface area contributed by atoms with Crippen molar-refractivity contribution >= 4 is 40.6 Å². The highest BCUT2D eigenvalue weighted by molar-refractivity contribution is 7.98. The summed E-state index contributed by atoms with van der Waals surface area (Å²) in [6.45, 7) is 1.10. The molecule has 2 aromatic rings. The van der Waals surface area contributed by atoms with E-state index < -0.39 is 0 Å². The van der Waals surface area contributed by atoms with E-state index in [-0.39, 0.29) is 24.2 Å². The topological polar surface area (TPSA) is 62.3 Å². The number of amides is 2. The van der Waals surface area contributed by atoms with E-state index in [2.05, 4.69) is 5.32 Å². The number of anilines is 1. The Kier molecular flexibility index (Phi) is 6.55. The van der Waals surface area contributed by atoms with Gasteiger partial charge in [0, 0.05) is 41.4 Å².